The molecule has 7 nitrogen and oxygen atoms in total. The van der Waals surface area contributed by atoms with Crippen molar-refractivity contribution >= 4 is 44.8 Å². The maximum atomic E-state index is 13.3. The molecule has 148 valence electrons. The number of aryl methyl sites for hydroxylation is 2. The van der Waals surface area contributed by atoms with Crippen molar-refractivity contribution in [3.63, 3.8) is 0 Å². The Hall–Kier alpha value is -2.10. The van der Waals surface area contributed by atoms with Gasteiger partial charge in [0.05, 0.1) is 4.90 Å². The largest absolute Gasteiger partial charge is 0.370 e. The summed E-state index contributed by atoms with van der Waals surface area (Å²) < 4.78 is 28.2. The fraction of sp³-hybridized carbons (Fsp3) is 0.278. The molecule has 1 aromatic carbocycles. The minimum absolute atomic E-state index is 0.0508. The van der Waals surface area contributed by atoms with Gasteiger partial charge >= 0.3 is 0 Å². The molecule has 1 amide bonds. The number of nitrogens with zero attached hydrogens (tertiary/aromatic N) is 3. The first-order chi connectivity index (χ1) is 13.2. The third kappa shape index (κ3) is 3.61. The molecule has 28 heavy (non-hydrogen) atoms. The van der Waals surface area contributed by atoms with E-state index in [4.69, 9.17) is 17.3 Å². The topological polar surface area (TPSA) is 107 Å². The lowest BCUT2D eigenvalue weighted by atomic mass is 10.1. The molecule has 0 radical (unpaired) electrons. The quantitative estimate of drug-likeness (QED) is 0.593. The SMILES string of the molecule is CSc1nn2c(C)c(CCC(N)=O)c(C)nc2c1S(=O)(=O)c1cccc(Cl)c1. The lowest BCUT2D eigenvalue weighted by Gasteiger charge is -2.11. The number of carbonyl (C=O) groups excluding carboxylic acids is 1. The highest BCUT2D eigenvalue weighted by Gasteiger charge is 2.30. The standard InChI is InChI=1S/C18H19ClN4O3S2/c1-10-14(7-8-15(20)24)11(2)23-17(21-10)16(18(22-23)27-3)28(25,26)13-6-4-5-12(19)9-13/h4-6,9H,7-8H2,1-3H3,(H2,20,24). The van der Waals surface area contributed by atoms with Crippen molar-refractivity contribution in [2.75, 3.05) is 6.26 Å². The monoisotopic (exact) mass is 438 g/mol. The first-order valence-electron chi connectivity index (χ1n) is 8.38. The Labute approximate surface area is 172 Å². The number of nitrogens with two attached hydrogens (primary N) is 1. The molecule has 0 aliphatic heterocycles. The summed E-state index contributed by atoms with van der Waals surface area (Å²) in [5.41, 5.74) is 7.71. The molecule has 3 rings (SSSR count). The van der Waals surface area contributed by atoms with Gasteiger partial charge in [-0.3, -0.25) is 4.79 Å². The van der Waals surface area contributed by atoms with Crippen LogP contribution in [0.15, 0.2) is 39.1 Å². The second-order valence-corrected chi connectivity index (χ2v) is 9.38. The summed E-state index contributed by atoms with van der Waals surface area (Å²) in [4.78, 5) is 15.8. The van der Waals surface area contributed by atoms with Gasteiger partial charge in [0.1, 0.15) is 5.03 Å². The minimum Gasteiger partial charge on any atom is -0.370 e. The Morgan fingerprint density at radius 2 is 2.04 bits per heavy atom. The number of hydrogen-bond donors (Lipinski definition) is 1. The van der Waals surface area contributed by atoms with Gasteiger partial charge in [-0.1, -0.05) is 17.7 Å². The molecule has 10 heteroatoms. The minimum atomic E-state index is -3.88. The van der Waals surface area contributed by atoms with E-state index in [1.807, 2.05) is 6.92 Å². The fourth-order valence-corrected chi connectivity index (χ4v) is 5.75. The van der Waals surface area contributed by atoms with E-state index in [0.717, 1.165) is 11.3 Å². The predicted molar refractivity (Wildman–Crippen MR) is 109 cm³/mol. The molecule has 0 saturated carbocycles. The van der Waals surface area contributed by atoms with Crippen LogP contribution < -0.4 is 5.73 Å². The van der Waals surface area contributed by atoms with Gasteiger partial charge in [-0.15, -0.1) is 11.8 Å². The Kier molecular flexibility index (Phi) is 5.69. The van der Waals surface area contributed by atoms with Crippen molar-refractivity contribution in [2.45, 2.75) is 41.5 Å². The molecular formula is C18H19ClN4O3S2. The summed E-state index contributed by atoms with van der Waals surface area (Å²) in [5.74, 6) is -0.409. The molecule has 0 bridgehead atoms. The van der Waals surface area contributed by atoms with Crippen LogP contribution in [0.2, 0.25) is 5.02 Å². The molecule has 2 aromatic heterocycles. The highest BCUT2D eigenvalue weighted by atomic mass is 35.5. The van der Waals surface area contributed by atoms with Crippen molar-refractivity contribution in [1.29, 1.82) is 0 Å². The molecular weight excluding hydrogens is 420 g/mol. The van der Waals surface area contributed by atoms with Crippen LogP contribution in [0, 0.1) is 13.8 Å². The average molecular weight is 439 g/mol. The first-order valence-corrected chi connectivity index (χ1v) is 11.5. The number of hydrogen-bond acceptors (Lipinski definition) is 6. The Balaban J connectivity index is 2.28. The van der Waals surface area contributed by atoms with Gasteiger partial charge in [0, 0.05) is 22.8 Å². The van der Waals surface area contributed by atoms with Crippen LogP contribution in [-0.2, 0) is 21.1 Å². The van der Waals surface area contributed by atoms with Crippen molar-refractivity contribution in [3.8, 4) is 0 Å². The van der Waals surface area contributed by atoms with Gasteiger partial charge in [0.25, 0.3) is 0 Å². The van der Waals surface area contributed by atoms with Gasteiger partial charge in [-0.25, -0.2) is 17.9 Å². The summed E-state index contributed by atoms with van der Waals surface area (Å²) in [6.45, 7) is 3.61. The number of thioether (sulfide) groups is 1. The van der Waals surface area contributed by atoms with Crippen LogP contribution in [0.5, 0.6) is 0 Å². The number of carbonyl (C=O) groups is 1. The fourth-order valence-electron chi connectivity index (χ4n) is 3.05. The van der Waals surface area contributed by atoms with E-state index in [0.29, 0.717) is 22.2 Å². The maximum absolute atomic E-state index is 13.3. The van der Waals surface area contributed by atoms with E-state index < -0.39 is 15.7 Å². The molecule has 0 spiro atoms. The van der Waals surface area contributed by atoms with Gasteiger partial charge in [-0.2, -0.15) is 5.10 Å². The van der Waals surface area contributed by atoms with Crippen LogP contribution in [0.4, 0.5) is 0 Å². The normalized spacial score (nSPS) is 11.9. The molecule has 2 heterocycles. The van der Waals surface area contributed by atoms with Gasteiger partial charge in [0.15, 0.2) is 10.5 Å². The number of primary amides is 1. The van der Waals surface area contributed by atoms with E-state index in [1.54, 1.807) is 25.3 Å². The molecule has 0 aliphatic rings. The summed E-state index contributed by atoms with van der Waals surface area (Å²) in [5, 5.41) is 5.14. The average Bonchev–Trinajstić information content (AvgIpc) is 3.00. The van der Waals surface area contributed by atoms with Gasteiger partial charge in [0.2, 0.25) is 15.7 Å². The highest BCUT2D eigenvalue weighted by Crippen LogP contribution is 2.34. The molecule has 3 aromatic rings. The zero-order valence-corrected chi connectivity index (χ0v) is 18.0. The zero-order valence-electron chi connectivity index (χ0n) is 15.6. The van der Waals surface area contributed by atoms with Crippen LogP contribution in [-0.4, -0.2) is 35.2 Å². The molecule has 0 saturated heterocycles. The van der Waals surface area contributed by atoms with E-state index in [2.05, 4.69) is 10.1 Å². The van der Waals surface area contributed by atoms with E-state index >= 15 is 0 Å². The summed E-state index contributed by atoms with van der Waals surface area (Å²) in [7, 11) is -3.88. The smallest absolute Gasteiger partial charge is 0.217 e. The summed E-state index contributed by atoms with van der Waals surface area (Å²) in [6.07, 6.45) is 2.36. The number of rotatable bonds is 6. The molecule has 2 N–H and O–H groups in total. The summed E-state index contributed by atoms with van der Waals surface area (Å²) in [6, 6.07) is 6.11. The lowest BCUT2D eigenvalue weighted by molar-refractivity contribution is -0.117. The van der Waals surface area contributed by atoms with Gasteiger partial charge in [-0.05, 0) is 50.3 Å². The third-order valence-corrected chi connectivity index (χ3v) is 7.27. The Bertz CT molecular complexity index is 1190. The van der Waals surface area contributed by atoms with Crippen LogP contribution in [0.1, 0.15) is 23.4 Å². The number of sulfone groups is 1. The second-order valence-electron chi connectivity index (χ2n) is 6.26. The molecule has 0 aliphatic carbocycles. The maximum Gasteiger partial charge on any atom is 0.217 e. The van der Waals surface area contributed by atoms with Crippen LogP contribution >= 0.6 is 23.4 Å². The predicted octanol–water partition coefficient (Wildman–Crippen LogP) is 2.97. The number of fused-ring (bicyclic) bond motifs is 1. The number of aromatic nitrogens is 3. The zero-order chi connectivity index (χ0) is 20.6. The third-order valence-electron chi connectivity index (χ3n) is 4.44. The number of halogens is 1. The highest BCUT2D eigenvalue weighted by molar-refractivity contribution is 7.99. The number of amides is 1. The van der Waals surface area contributed by atoms with Crippen molar-refractivity contribution < 1.29 is 13.2 Å². The van der Waals surface area contributed by atoms with Crippen molar-refractivity contribution in [3.05, 3.63) is 46.2 Å². The van der Waals surface area contributed by atoms with E-state index in [-0.39, 0.29) is 21.9 Å². The van der Waals surface area contributed by atoms with E-state index in [1.165, 1.54) is 28.4 Å². The Morgan fingerprint density at radius 1 is 1.32 bits per heavy atom. The van der Waals surface area contributed by atoms with Crippen LogP contribution in [0.25, 0.3) is 5.65 Å². The second kappa shape index (κ2) is 7.73. The molecule has 0 atom stereocenters. The van der Waals surface area contributed by atoms with E-state index in [9.17, 15) is 13.2 Å². The van der Waals surface area contributed by atoms with Crippen LogP contribution in [0.3, 0.4) is 0 Å². The lowest BCUT2D eigenvalue weighted by Crippen LogP contribution is -2.14. The molecule has 0 unspecified atom stereocenters. The first kappa shape index (κ1) is 20.6. The van der Waals surface area contributed by atoms with Crippen molar-refractivity contribution in [2.24, 2.45) is 5.73 Å². The van der Waals surface area contributed by atoms with Gasteiger partial charge < -0.3 is 5.73 Å². The molecule has 0 fully saturated rings. The summed E-state index contributed by atoms with van der Waals surface area (Å²) >= 11 is 7.22. The van der Waals surface area contributed by atoms with Crippen molar-refractivity contribution in [1.82, 2.24) is 14.6 Å². The number of benzene rings is 1. The Morgan fingerprint density at radius 3 is 2.64 bits per heavy atom.